The first-order chi connectivity index (χ1) is 8.78. The van der Waals surface area contributed by atoms with E-state index in [0.29, 0.717) is 18.2 Å². The summed E-state index contributed by atoms with van der Waals surface area (Å²) in [4.78, 5) is 9.09. The van der Waals surface area contributed by atoms with Crippen LogP contribution in [0.5, 0.6) is 5.75 Å². The second-order valence-electron chi connectivity index (χ2n) is 4.90. The van der Waals surface area contributed by atoms with Crippen LogP contribution in [0.3, 0.4) is 0 Å². The summed E-state index contributed by atoms with van der Waals surface area (Å²) in [5, 5.41) is 8.91. The number of hydrogen-bond acceptors (Lipinski definition) is 5. The van der Waals surface area contributed by atoms with E-state index in [-0.39, 0.29) is 0 Å². The average Bonchev–Trinajstić information content (AvgIpc) is 2.56. The number of pyridine rings is 1. The van der Waals surface area contributed by atoms with Crippen LogP contribution in [0.15, 0.2) is 12.3 Å². The Hall–Kier alpha value is -1.74. The molecule has 0 aliphatic carbocycles. The maximum absolute atomic E-state index is 8.91. The van der Waals surface area contributed by atoms with Crippen LogP contribution >= 0.6 is 0 Å². The van der Waals surface area contributed by atoms with Gasteiger partial charge in [-0.25, -0.2) is 4.98 Å². The molecule has 1 aromatic rings. The lowest BCUT2D eigenvalue weighted by Crippen LogP contribution is -2.52. The lowest BCUT2D eigenvalue weighted by atomic mass is 10.1. The molecule has 5 nitrogen and oxygen atoms in total. The summed E-state index contributed by atoms with van der Waals surface area (Å²) in [5.74, 6) is 1.64. The minimum absolute atomic E-state index is 0.463. The maximum Gasteiger partial charge on any atom is 0.185 e. The van der Waals surface area contributed by atoms with E-state index in [1.54, 1.807) is 12.3 Å². The van der Waals surface area contributed by atoms with E-state index in [9.17, 15) is 0 Å². The minimum atomic E-state index is 0.463. The molecule has 1 aromatic heterocycles. The molecule has 0 saturated carbocycles. The Morgan fingerprint density at radius 1 is 1.50 bits per heavy atom. The Balaban J connectivity index is 1.97. The zero-order chi connectivity index (χ0) is 12.5. The van der Waals surface area contributed by atoms with Crippen molar-refractivity contribution in [2.24, 2.45) is 0 Å². The summed E-state index contributed by atoms with van der Waals surface area (Å²) < 4.78 is 5.74. The van der Waals surface area contributed by atoms with Gasteiger partial charge in [-0.1, -0.05) is 0 Å². The van der Waals surface area contributed by atoms with Gasteiger partial charge in [-0.15, -0.1) is 0 Å². The van der Waals surface area contributed by atoms with Gasteiger partial charge >= 0.3 is 0 Å². The number of anilines is 1. The maximum atomic E-state index is 8.91. The summed E-state index contributed by atoms with van der Waals surface area (Å²) in [7, 11) is 2.15. The van der Waals surface area contributed by atoms with Gasteiger partial charge in [0.2, 0.25) is 0 Å². The number of aromatic nitrogens is 1. The average molecular weight is 242 g/mol. The van der Waals surface area contributed by atoms with Gasteiger partial charge in [0.15, 0.2) is 19.5 Å². The topological polar surface area (TPSA) is 52.4 Å². The SMILES string of the molecule is BN1CCN2c3ncc(C#N)cc3OCCC2C1. The Bertz CT molecular complexity index is 501. The number of ether oxygens (including phenoxy) is 1. The van der Waals surface area contributed by atoms with Gasteiger partial charge in [0, 0.05) is 44.4 Å². The van der Waals surface area contributed by atoms with Crippen LogP contribution in [0.1, 0.15) is 12.0 Å². The molecule has 1 fully saturated rings. The van der Waals surface area contributed by atoms with Crippen LogP contribution in [0.25, 0.3) is 0 Å². The molecule has 2 aliphatic heterocycles. The Labute approximate surface area is 107 Å². The summed E-state index contributed by atoms with van der Waals surface area (Å²) >= 11 is 0. The fraction of sp³-hybridized carbons (Fsp3) is 0.500. The van der Waals surface area contributed by atoms with Crippen LogP contribution in [-0.2, 0) is 0 Å². The van der Waals surface area contributed by atoms with Crippen molar-refractivity contribution in [3.8, 4) is 11.8 Å². The third kappa shape index (κ3) is 1.91. The van der Waals surface area contributed by atoms with Crippen molar-refractivity contribution in [3.63, 3.8) is 0 Å². The first-order valence-electron chi connectivity index (χ1n) is 6.26. The van der Waals surface area contributed by atoms with Gasteiger partial charge < -0.3 is 14.4 Å². The normalized spacial score (nSPS) is 23.3. The second kappa shape index (κ2) is 4.50. The van der Waals surface area contributed by atoms with E-state index in [1.807, 2.05) is 0 Å². The smallest absolute Gasteiger partial charge is 0.185 e. The number of nitrogens with zero attached hydrogens (tertiary/aromatic N) is 4. The van der Waals surface area contributed by atoms with Crippen LogP contribution in [0.4, 0.5) is 5.82 Å². The van der Waals surface area contributed by atoms with E-state index in [1.165, 1.54) is 0 Å². The van der Waals surface area contributed by atoms with Crippen LogP contribution in [0.2, 0.25) is 0 Å². The van der Waals surface area contributed by atoms with Gasteiger partial charge in [0.05, 0.1) is 12.2 Å². The molecular weight excluding hydrogens is 227 g/mol. The molecule has 92 valence electrons. The molecule has 0 amide bonds. The molecule has 3 rings (SSSR count). The molecule has 0 spiro atoms. The number of fused-ring (bicyclic) bond motifs is 3. The molecule has 6 heteroatoms. The molecule has 2 aliphatic rings. The highest BCUT2D eigenvalue weighted by Crippen LogP contribution is 2.32. The highest BCUT2D eigenvalue weighted by atomic mass is 16.5. The Kier molecular flexibility index (Phi) is 2.84. The zero-order valence-corrected chi connectivity index (χ0v) is 10.5. The molecule has 0 radical (unpaired) electrons. The van der Waals surface area contributed by atoms with Crippen molar-refractivity contribution in [1.82, 2.24) is 9.79 Å². The Morgan fingerprint density at radius 2 is 2.39 bits per heavy atom. The van der Waals surface area contributed by atoms with Crippen LogP contribution in [-0.4, -0.2) is 50.1 Å². The van der Waals surface area contributed by atoms with E-state index in [2.05, 4.69) is 28.7 Å². The molecule has 1 atom stereocenters. The predicted molar refractivity (Wildman–Crippen MR) is 70.3 cm³/mol. The van der Waals surface area contributed by atoms with Crippen molar-refractivity contribution in [1.29, 1.82) is 5.26 Å². The van der Waals surface area contributed by atoms with Gasteiger partial charge in [-0.05, 0) is 0 Å². The molecule has 1 unspecified atom stereocenters. The number of rotatable bonds is 0. The molecule has 18 heavy (non-hydrogen) atoms. The summed E-state index contributed by atoms with van der Waals surface area (Å²) in [6.45, 7) is 3.75. The summed E-state index contributed by atoms with van der Waals surface area (Å²) in [5.41, 5.74) is 0.557. The first kappa shape index (κ1) is 11.4. The van der Waals surface area contributed by atoms with Crippen LogP contribution < -0.4 is 9.64 Å². The third-order valence-electron chi connectivity index (χ3n) is 3.63. The lowest BCUT2D eigenvalue weighted by Gasteiger charge is -2.39. The molecule has 1 saturated heterocycles. The van der Waals surface area contributed by atoms with Crippen molar-refractivity contribution in [3.05, 3.63) is 17.8 Å². The monoisotopic (exact) mass is 242 g/mol. The number of piperazine rings is 1. The quantitative estimate of drug-likeness (QED) is 0.588. The molecule has 0 aromatic carbocycles. The fourth-order valence-corrected chi connectivity index (χ4v) is 2.66. The summed E-state index contributed by atoms with van der Waals surface area (Å²) in [6.07, 6.45) is 2.63. The predicted octanol–water partition coefficient (Wildman–Crippen LogP) is -0.226. The van der Waals surface area contributed by atoms with E-state index in [4.69, 9.17) is 10.00 Å². The van der Waals surface area contributed by atoms with E-state index < -0.39 is 0 Å². The van der Waals surface area contributed by atoms with E-state index >= 15 is 0 Å². The van der Waals surface area contributed by atoms with Crippen molar-refractivity contribution < 1.29 is 4.74 Å². The third-order valence-corrected chi connectivity index (χ3v) is 3.63. The summed E-state index contributed by atoms with van der Waals surface area (Å²) in [6, 6.07) is 4.37. The van der Waals surface area contributed by atoms with E-state index in [0.717, 1.165) is 37.6 Å². The van der Waals surface area contributed by atoms with Gasteiger partial charge in [0.1, 0.15) is 6.07 Å². The highest BCUT2D eigenvalue weighted by Gasteiger charge is 2.30. The first-order valence-corrected chi connectivity index (χ1v) is 6.26. The second-order valence-corrected chi connectivity index (χ2v) is 4.90. The standard InChI is InChI=1S/C12H15BN4O/c13-16-2-3-17-10(8-16)1-4-18-11-5-9(6-14)7-15-12(11)17/h5,7,10H,1-4,8,13H2. The van der Waals surface area contributed by atoms with Crippen molar-refractivity contribution in [2.45, 2.75) is 12.5 Å². The number of nitriles is 1. The van der Waals surface area contributed by atoms with Crippen molar-refractivity contribution >= 4 is 13.8 Å². The molecule has 3 heterocycles. The van der Waals surface area contributed by atoms with Gasteiger partial charge in [-0.2, -0.15) is 5.26 Å². The van der Waals surface area contributed by atoms with Gasteiger partial charge in [-0.3, -0.25) is 0 Å². The lowest BCUT2D eigenvalue weighted by molar-refractivity contribution is 0.283. The van der Waals surface area contributed by atoms with Crippen LogP contribution in [0, 0.1) is 11.3 Å². The molecular formula is C12H15BN4O. The molecule has 0 N–H and O–H groups in total. The van der Waals surface area contributed by atoms with Crippen molar-refractivity contribution in [2.75, 3.05) is 31.1 Å². The minimum Gasteiger partial charge on any atom is -0.490 e. The fourth-order valence-electron chi connectivity index (χ4n) is 2.66. The largest absolute Gasteiger partial charge is 0.490 e. The zero-order valence-electron chi connectivity index (χ0n) is 10.5. The molecule has 0 bridgehead atoms. The number of hydrogen-bond donors (Lipinski definition) is 0. The highest BCUT2D eigenvalue weighted by molar-refractivity contribution is 6.04. The van der Waals surface area contributed by atoms with Gasteiger partial charge in [0.25, 0.3) is 0 Å². The Morgan fingerprint density at radius 3 is 3.22 bits per heavy atom.